The SMILES string of the molecule is CCOC(=O)c1nn(-c2ccc(Cl)cc2)c(=O)c2c(NC(=O)c3ccccc3C)scc12. The van der Waals surface area contributed by atoms with Crippen LogP contribution in [0.25, 0.3) is 16.5 Å². The fourth-order valence-electron chi connectivity index (χ4n) is 3.25. The maximum Gasteiger partial charge on any atom is 0.359 e. The van der Waals surface area contributed by atoms with E-state index in [1.165, 1.54) is 0 Å². The molecule has 0 aliphatic heterocycles. The molecule has 7 nitrogen and oxygen atoms in total. The van der Waals surface area contributed by atoms with Gasteiger partial charge in [-0.2, -0.15) is 9.78 Å². The number of nitrogens with one attached hydrogen (secondary N) is 1. The van der Waals surface area contributed by atoms with Crippen LogP contribution in [-0.2, 0) is 4.74 Å². The number of rotatable bonds is 5. The van der Waals surface area contributed by atoms with E-state index in [2.05, 4.69) is 10.4 Å². The monoisotopic (exact) mass is 467 g/mol. The third-order valence-corrected chi connectivity index (χ3v) is 5.96. The average Bonchev–Trinajstić information content (AvgIpc) is 3.19. The van der Waals surface area contributed by atoms with Gasteiger partial charge in [-0.25, -0.2) is 4.79 Å². The van der Waals surface area contributed by atoms with Gasteiger partial charge in [0, 0.05) is 21.4 Å². The Morgan fingerprint density at radius 3 is 2.56 bits per heavy atom. The van der Waals surface area contributed by atoms with Crippen LogP contribution >= 0.6 is 22.9 Å². The minimum Gasteiger partial charge on any atom is -0.461 e. The van der Waals surface area contributed by atoms with Gasteiger partial charge in [-0.3, -0.25) is 9.59 Å². The molecule has 4 aromatic rings. The first-order valence-corrected chi connectivity index (χ1v) is 11.0. The zero-order valence-corrected chi connectivity index (χ0v) is 18.8. The number of carbonyl (C=O) groups is 2. The van der Waals surface area contributed by atoms with Crippen molar-refractivity contribution < 1.29 is 14.3 Å². The van der Waals surface area contributed by atoms with Crippen LogP contribution in [0.4, 0.5) is 5.00 Å². The van der Waals surface area contributed by atoms with Crippen LogP contribution in [-0.4, -0.2) is 28.3 Å². The summed E-state index contributed by atoms with van der Waals surface area (Å²) in [4.78, 5) is 38.9. The van der Waals surface area contributed by atoms with Gasteiger partial charge in [0.25, 0.3) is 11.5 Å². The minimum absolute atomic E-state index is 0.0101. The van der Waals surface area contributed by atoms with Gasteiger partial charge in [-0.15, -0.1) is 11.3 Å². The number of hydrogen-bond acceptors (Lipinski definition) is 6. The maximum absolute atomic E-state index is 13.4. The van der Waals surface area contributed by atoms with E-state index in [0.717, 1.165) is 21.6 Å². The number of halogens is 1. The minimum atomic E-state index is -0.658. The highest BCUT2D eigenvalue weighted by atomic mass is 35.5. The van der Waals surface area contributed by atoms with Crippen LogP contribution in [0.2, 0.25) is 5.02 Å². The molecule has 0 unspecified atom stereocenters. The number of aromatic nitrogens is 2. The number of amides is 1. The second kappa shape index (κ2) is 8.94. The van der Waals surface area contributed by atoms with Gasteiger partial charge < -0.3 is 10.1 Å². The highest BCUT2D eigenvalue weighted by Gasteiger charge is 2.23. The summed E-state index contributed by atoms with van der Waals surface area (Å²) in [5.74, 6) is -1.01. The molecule has 1 N–H and O–H groups in total. The molecular formula is C23H18ClN3O4S. The number of anilines is 1. The lowest BCUT2D eigenvalue weighted by atomic mass is 10.1. The van der Waals surface area contributed by atoms with Crippen LogP contribution in [0.3, 0.4) is 0 Å². The normalized spacial score (nSPS) is 10.8. The maximum atomic E-state index is 13.4. The highest BCUT2D eigenvalue weighted by Crippen LogP contribution is 2.31. The topological polar surface area (TPSA) is 90.3 Å². The van der Waals surface area contributed by atoms with Gasteiger partial charge in [0.2, 0.25) is 0 Å². The molecule has 2 aromatic carbocycles. The molecule has 32 heavy (non-hydrogen) atoms. The first-order chi connectivity index (χ1) is 15.4. The predicted octanol–water partition coefficient (Wildman–Crippen LogP) is 4.84. The molecule has 4 rings (SSSR count). The zero-order chi connectivity index (χ0) is 22.8. The van der Waals surface area contributed by atoms with Crippen LogP contribution in [0.1, 0.15) is 33.3 Å². The Morgan fingerprint density at radius 2 is 1.88 bits per heavy atom. The van der Waals surface area contributed by atoms with Crippen molar-refractivity contribution in [1.82, 2.24) is 9.78 Å². The van der Waals surface area contributed by atoms with Crippen molar-refractivity contribution in [2.24, 2.45) is 0 Å². The highest BCUT2D eigenvalue weighted by molar-refractivity contribution is 7.16. The van der Waals surface area contributed by atoms with Gasteiger partial charge in [0.15, 0.2) is 5.69 Å². The molecule has 9 heteroatoms. The smallest absolute Gasteiger partial charge is 0.359 e. The summed E-state index contributed by atoms with van der Waals surface area (Å²) in [6, 6.07) is 13.6. The van der Waals surface area contributed by atoms with Crippen molar-refractivity contribution in [3.8, 4) is 5.69 Å². The molecule has 0 bridgehead atoms. The van der Waals surface area contributed by atoms with Gasteiger partial charge in [-0.1, -0.05) is 29.8 Å². The number of ether oxygens (including phenoxy) is 1. The Kier molecular flexibility index (Phi) is 6.07. The van der Waals surface area contributed by atoms with Gasteiger partial charge in [0.1, 0.15) is 5.00 Å². The Hall–Kier alpha value is -3.49. The summed E-state index contributed by atoms with van der Waals surface area (Å²) in [6.45, 7) is 3.67. The number of hydrogen-bond donors (Lipinski definition) is 1. The average molecular weight is 468 g/mol. The molecule has 0 spiro atoms. The van der Waals surface area contributed by atoms with E-state index in [-0.39, 0.29) is 23.6 Å². The quantitative estimate of drug-likeness (QED) is 0.424. The molecule has 0 aliphatic rings. The Morgan fingerprint density at radius 1 is 1.16 bits per heavy atom. The van der Waals surface area contributed by atoms with E-state index in [1.807, 2.05) is 19.1 Å². The summed E-state index contributed by atoms with van der Waals surface area (Å²) < 4.78 is 6.25. The molecule has 0 fully saturated rings. The van der Waals surface area contributed by atoms with E-state index in [1.54, 1.807) is 48.7 Å². The van der Waals surface area contributed by atoms with Gasteiger partial charge >= 0.3 is 5.97 Å². The number of nitrogens with zero attached hydrogens (tertiary/aromatic N) is 2. The molecule has 162 valence electrons. The molecule has 0 radical (unpaired) electrons. The van der Waals surface area contributed by atoms with E-state index in [9.17, 15) is 14.4 Å². The predicted molar refractivity (Wildman–Crippen MR) is 125 cm³/mol. The summed E-state index contributed by atoms with van der Waals surface area (Å²) >= 11 is 7.11. The lowest BCUT2D eigenvalue weighted by Gasteiger charge is -2.10. The second-order valence-electron chi connectivity index (χ2n) is 6.88. The summed E-state index contributed by atoms with van der Waals surface area (Å²) in [5.41, 5.74) is 1.24. The van der Waals surface area contributed by atoms with Crippen molar-refractivity contribution in [3.63, 3.8) is 0 Å². The molecule has 0 saturated carbocycles. The molecule has 2 aromatic heterocycles. The van der Waals surface area contributed by atoms with Crippen LogP contribution in [0, 0.1) is 6.92 Å². The summed E-state index contributed by atoms with van der Waals surface area (Å²) in [6.07, 6.45) is 0. The molecule has 0 atom stereocenters. The van der Waals surface area contributed by atoms with Crippen molar-refractivity contribution in [1.29, 1.82) is 0 Å². The Labute approximate surface area is 192 Å². The lowest BCUT2D eigenvalue weighted by molar-refractivity contribution is 0.0520. The molecule has 0 aliphatic carbocycles. The Balaban J connectivity index is 1.89. The number of thiophene rings is 1. The lowest BCUT2D eigenvalue weighted by Crippen LogP contribution is -2.25. The number of fused-ring (bicyclic) bond motifs is 1. The number of carbonyl (C=O) groups excluding carboxylic acids is 2. The van der Waals surface area contributed by atoms with E-state index in [4.69, 9.17) is 16.3 Å². The van der Waals surface area contributed by atoms with Crippen LogP contribution in [0.15, 0.2) is 58.7 Å². The summed E-state index contributed by atoms with van der Waals surface area (Å²) in [7, 11) is 0. The van der Waals surface area contributed by atoms with Gasteiger partial charge in [0.05, 0.1) is 17.7 Å². The largest absolute Gasteiger partial charge is 0.461 e. The molecule has 2 heterocycles. The summed E-state index contributed by atoms with van der Waals surface area (Å²) in [5, 5.41) is 10.0. The van der Waals surface area contributed by atoms with Crippen LogP contribution in [0.5, 0.6) is 0 Å². The van der Waals surface area contributed by atoms with Crippen molar-refractivity contribution >= 4 is 50.6 Å². The molecule has 0 saturated heterocycles. The fourth-order valence-corrected chi connectivity index (χ4v) is 4.31. The van der Waals surface area contributed by atoms with E-state index >= 15 is 0 Å². The van der Waals surface area contributed by atoms with Gasteiger partial charge in [-0.05, 0) is 49.7 Å². The number of esters is 1. The number of benzene rings is 2. The first-order valence-electron chi connectivity index (χ1n) is 9.75. The number of aryl methyl sites for hydroxylation is 1. The molecule has 1 amide bonds. The fraction of sp³-hybridized carbons (Fsp3) is 0.130. The second-order valence-corrected chi connectivity index (χ2v) is 8.20. The standard InChI is InChI=1S/C23H18ClN3O4S/c1-3-31-23(30)19-17-12-32-21(25-20(28)16-7-5-4-6-13(16)2)18(17)22(29)27(26-19)15-10-8-14(24)9-11-15/h4-12H,3H2,1-2H3,(H,25,28). The Bertz CT molecular complexity index is 1390. The van der Waals surface area contributed by atoms with E-state index < -0.39 is 11.5 Å². The molecular weight excluding hydrogens is 450 g/mol. The third kappa shape index (κ3) is 4.02. The zero-order valence-electron chi connectivity index (χ0n) is 17.2. The third-order valence-electron chi connectivity index (χ3n) is 4.81. The van der Waals surface area contributed by atoms with Crippen molar-refractivity contribution in [3.05, 3.63) is 86.1 Å². The first kappa shape index (κ1) is 21.7. The van der Waals surface area contributed by atoms with Crippen molar-refractivity contribution in [2.45, 2.75) is 13.8 Å². The van der Waals surface area contributed by atoms with E-state index in [0.29, 0.717) is 26.7 Å². The van der Waals surface area contributed by atoms with Crippen LogP contribution < -0.4 is 10.9 Å². The van der Waals surface area contributed by atoms with Crippen molar-refractivity contribution in [2.75, 3.05) is 11.9 Å².